The van der Waals surface area contributed by atoms with Gasteiger partial charge in [0, 0.05) is 5.25 Å². The normalized spacial score (nSPS) is 44.9. The maximum atomic E-state index is 4.47. The van der Waals surface area contributed by atoms with Crippen LogP contribution in [0.3, 0.4) is 0 Å². The summed E-state index contributed by atoms with van der Waals surface area (Å²) in [6, 6.07) is 0. The van der Waals surface area contributed by atoms with Crippen molar-refractivity contribution in [2.24, 2.45) is 0 Å². The first-order valence-corrected chi connectivity index (χ1v) is 4.59. The van der Waals surface area contributed by atoms with Gasteiger partial charge in [0.2, 0.25) is 0 Å². The Bertz CT molecular complexity index is 97.1. The quantitative estimate of drug-likeness (QED) is 0.386. The molecule has 0 aromatic rings. The number of hydrogen-bond donors (Lipinski definition) is 2. The SMILES string of the molecule is BC1CCC(S)CC1S. The van der Waals surface area contributed by atoms with Crippen molar-refractivity contribution in [3.05, 3.63) is 0 Å². The van der Waals surface area contributed by atoms with Crippen LogP contribution >= 0.6 is 25.3 Å². The molecule has 9 heavy (non-hydrogen) atoms. The zero-order valence-electron chi connectivity index (χ0n) is 5.75. The lowest BCUT2D eigenvalue weighted by Gasteiger charge is -2.28. The van der Waals surface area contributed by atoms with Gasteiger partial charge in [-0.3, -0.25) is 0 Å². The lowest BCUT2D eigenvalue weighted by atomic mass is 9.75. The van der Waals surface area contributed by atoms with E-state index in [2.05, 4.69) is 33.1 Å². The van der Waals surface area contributed by atoms with Gasteiger partial charge in [-0.1, -0.05) is 12.2 Å². The Morgan fingerprint density at radius 2 is 1.89 bits per heavy atom. The smallest absolute Gasteiger partial charge is 0.106 e. The summed E-state index contributed by atoms with van der Waals surface area (Å²) in [5.41, 5.74) is 0. The first kappa shape index (κ1) is 7.87. The van der Waals surface area contributed by atoms with Crippen LogP contribution in [-0.2, 0) is 0 Å². The van der Waals surface area contributed by atoms with E-state index in [9.17, 15) is 0 Å². The van der Waals surface area contributed by atoms with Gasteiger partial charge < -0.3 is 0 Å². The molecule has 0 aliphatic heterocycles. The molecule has 0 saturated heterocycles. The maximum absolute atomic E-state index is 4.47. The monoisotopic (exact) mass is 160 g/mol. The van der Waals surface area contributed by atoms with E-state index in [1.165, 1.54) is 19.3 Å². The molecule has 3 heteroatoms. The van der Waals surface area contributed by atoms with E-state index < -0.39 is 0 Å². The van der Waals surface area contributed by atoms with Crippen LogP contribution in [-0.4, -0.2) is 18.3 Å². The molecule has 0 radical (unpaired) electrons. The fourth-order valence-corrected chi connectivity index (χ4v) is 2.22. The summed E-state index contributed by atoms with van der Waals surface area (Å²) >= 11 is 8.88. The summed E-state index contributed by atoms with van der Waals surface area (Å²) in [5.74, 6) is 0.803. The van der Waals surface area contributed by atoms with Gasteiger partial charge >= 0.3 is 0 Å². The standard InChI is InChI=1S/C6H13BS2/c7-5-2-1-4(8)3-6(5)9/h4-6,8-9H,1-3,7H2. The van der Waals surface area contributed by atoms with Gasteiger partial charge in [-0.05, 0) is 18.1 Å². The second-order valence-corrected chi connectivity index (χ2v) is 4.41. The summed E-state index contributed by atoms with van der Waals surface area (Å²) in [4.78, 5) is 0. The molecule has 0 nitrogen and oxygen atoms in total. The molecule has 0 N–H and O–H groups in total. The highest BCUT2D eigenvalue weighted by Crippen LogP contribution is 2.32. The third kappa shape index (κ3) is 2.12. The zero-order chi connectivity index (χ0) is 6.85. The molecular weight excluding hydrogens is 147 g/mol. The van der Waals surface area contributed by atoms with Crippen molar-refractivity contribution in [2.75, 3.05) is 0 Å². The predicted octanol–water partition coefficient (Wildman–Crippen LogP) is 1.19. The summed E-state index contributed by atoms with van der Waals surface area (Å²) in [7, 11) is 2.28. The van der Waals surface area contributed by atoms with Gasteiger partial charge in [-0.25, -0.2) is 0 Å². The molecule has 52 valence electrons. The second-order valence-electron chi connectivity index (χ2n) is 3.01. The van der Waals surface area contributed by atoms with Crippen LogP contribution in [0.15, 0.2) is 0 Å². The van der Waals surface area contributed by atoms with Crippen molar-refractivity contribution in [2.45, 2.75) is 35.6 Å². The Hall–Kier alpha value is 0.765. The van der Waals surface area contributed by atoms with Gasteiger partial charge in [0.1, 0.15) is 7.85 Å². The summed E-state index contributed by atoms with van der Waals surface area (Å²) in [6.45, 7) is 0. The number of thiol groups is 2. The molecule has 1 aliphatic carbocycles. The van der Waals surface area contributed by atoms with Crippen LogP contribution in [0.5, 0.6) is 0 Å². The van der Waals surface area contributed by atoms with E-state index in [0.717, 1.165) is 5.82 Å². The minimum absolute atomic E-state index is 0.598. The van der Waals surface area contributed by atoms with E-state index in [-0.39, 0.29) is 0 Å². The van der Waals surface area contributed by atoms with Crippen molar-refractivity contribution >= 4 is 33.1 Å². The Kier molecular flexibility index (Phi) is 2.84. The molecule has 1 saturated carbocycles. The Morgan fingerprint density at radius 3 is 2.33 bits per heavy atom. The first-order chi connectivity index (χ1) is 4.20. The Morgan fingerprint density at radius 1 is 1.22 bits per heavy atom. The minimum Gasteiger partial charge on any atom is -0.176 e. The Balaban J connectivity index is 2.35. The van der Waals surface area contributed by atoms with Crippen LogP contribution < -0.4 is 0 Å². The highest BCUT2D eigenvalue weighted by Gasteiger charge is 2.22. The third-order valence-corrected chi connectivity index (χ3v) is 3.31. The molecule has 1 aliphatic rings. The summed E-state index contributed by atoms with van der Waals surface area (Å²) in [6.07, 6.45) is 3.77. The van der Waals surface area contributed by atoms with E-state index in [4.69, 9.17) is 0 Å². The van der Waals surface area contributed by atoms with Crippen molar-refractivity contribution in [1.82, 2.24) is 0 Å². The molecular formula is C6H13BS2. The van der Waals surface area contributed by atoms with Crippen molar-refractivity contribution < 1.29 is 0 Å². The zero-order valence-corrected chi connectivity index (χ0v) is 7.54. The van der Waals surface area contributed by atoms with Gasteiger partial charge in [-0.2, -0.15) is 25.3 Å². The maximum Gasteiger partial charge on any atom is 0.106 e. The van der Waals surface area contributed by atoms with Crippen LogP contribution in [0, 0.1) is 0 Å². The molecule has 0 bridgehead atoms. The lowest BCUT2D eigenvalue weighted by molar-refractivity contribution is 0.532. The fourth-order valence-electron chi connectivity index (χ4n) is 1.28. The average molecular weight is 160 g/mol. The minimum atomic E-state index is 0.598. The van der Waals surface area contributed by atoms with Crippen molar-refractivity contribution in [3.63, 3.8) is 0 Å². The molecule has 0 spiro atoms. The highest BCUT2D eigenvalue weighted by atomic mass is 32.1. The predicted molar refractivity (Wildman–Crippen MR) is 51.7 cm³/mol. The fraction of sp³-hybridized carbons (Fsp3) is 1.00. The van der Waals surface area contributed by atoms with Crippen LogP contribution in [0.25, 0.3) is 0 Å². The van der Waals surface area contributed by atoms with E-state index in [0.29, 0.717) is 10.5 Å². The largest absolute Gasteiger partial charge is 0.176 e. The summed E-state index contributed by atoms with van der Waals surface area (Å²) in [5, 5.41) is 1.21. The number of hydrogen-bond acceptors (Lipinski definition) is 2. The van der Waals surface area contributed by atoms with Gasteiger partial charge in [0.05, 0.1) is 0 Å². The lowest BCUT2D eigenvalue weighted by Crippen LogP contribution is -2.21. The van der Waals surface area contributed by atoms with Crippen molar-refractivity contribution in [1.29, 1.82) is 0 Å². The van der Waals surface area contributed by atoms with E-state index >= 15 is 0 Å². The second kappa shape index (κ2) is 3.24. The molecule has 0 aromatic heterocycles. The van der Waals surface area contributed by atoms with Gasteiger partial charge in [-0.15, -0.1) is 0 Å². The van der Waals surface area contributed by atoms with Crippen LogP contribution in [0.1, 0.15) is 19.3 Å². The molecule has 0 amide bonds. The Labute approximate surface area is 69.0 Å². The highest BCUT2D eigenvalue weighted by molar-refractivity contribution is 7.82. The van der Waals surface area contributed by atoms with E-state index in [1.54, 1.807) is 0 Å². The molecule has 0 heterocycles. The molecule has 1 rings (SSSR count). The average Bonchev–Trinajstić information content (AvgIpc) is 1.80. The summed E-state index contributed by atoms with van der Waals surface area (Å²) < 4.78 is 0. The van der Waals surface area contributed by atoms with Crippen LogP contribution in [0.4, 0.5) is 0 Å². The molecule has 0 aromatic carbocycles. The van der Waals surface area contributed by atoms with Crippen LogP contribution in [0.2, 0.25) is 5.82 Å². The first-order valence-electron chi connectivity index (χ1n) is 3.56. The van der Waals surface area contributed by atoms with Gasteiger partial charge in [0.25, 0.3) is 0 Å². The van der Waals surface area contributed by atoms with Gasteiger partial charge in [0.15, 0.2) is 0 Å². The third-order valence-electron chi connectivity index (χ3n) is 2.13. The topological polar surface area (TPSA) is 0 Å². The molecule has 3 unspecified atom stereocenters. The molecule has 3 atom stereocenters. The molecule has 1 fully saturated rings. The van der Waals surface area contributed by atoms with Crippen molar-refractivity contribution in [3.8, 4) is 0 Å². The van der Waals surface area contributed by atoms with E-state index in [1.807, 2.05) is 0 Å². The number of rotatable bonds is 0.